The van der Waals surface area contributed by atoms with Crippen LogP contribution in [0.2, 0.25) is 0 Å². The number of likely N-dealkylation sites (N-methyl/N-ethyl adjacent to an activating group) is 1. The lowest BCUT2D eigenvalue weighted by molar-refractivity contribution is -0.138. The molecule has 1 N–H and O–H groups in total. The summed E-state index contributed by atoms with van der Waals surface area (Å²) >= 11 is 0. The summed E-state index contributed by atoms with van der Waals surface area (Å²) in [6.07, 6.45) is 4.14. The standard InChI is InChI=1S/C20H32N2O4/c1-4-5-12-26-19-13-16(6-7-18(19)25-3)14-22-10-8-17(9-11-22)21(2)15-20(23)24/h6-7,13,17H,4-5,8-12,14-15H2,1-3H3,(H,23,24). The minimum absolute atomic E-state index is 0.113. The monoisotopic (exact) mass is 364 g/mol. The van der Waals surface area contributed by atoms with Gasteiger partial charge in [0.25, 0.3) is 0 Å². The van der Waals surface area contributed by atoms with E-state index in [9.17, 15) is 4.79 Å². The Hall–Kier alpha value is -1.79. The number of ether oxygens (including phenoxy) is 2. The Morgan fingerprint density at radius 3 is 2.65 bits per heavy atom. The van der Waals surface area contributed by atoms with E-state index >= 15 is 0 Å². The normalized spacial score (nSPS) is 16.0. The first-order valence-corrected chi connectivity index (χ1v) is 9.47. The van der Waals surface area contributed by atoms with Gasteiger partial charge in [0.1, 0.15) is 0 Å². The smallest absolute Gasteiger partial charge is 0.317 e. The fourth-order valence-electron chi connectivity index (χ4n) is 3.38. The molecule has 6 nitrogen and oxygen atoms in total. The van der Waals surface area contributed by atoms with E-state index in [4.69, 9.17) is 14.6 Å². The topological polar surface area (TPSA) is 62.2 Å². The maximum Gasteiger partial charge on any atom is 0.317 e. The number of carbonyl (C=O) groups is 1. The molecule has 2 rings (SSSR count). The first kappa shape index (κ1) is 20.5. The fourth-order valence-corrected chi connectivity index (χ4v) is 3.38. The highest BCUT2D eigenvalue weighted by Crippen LogP contribution is 2.29. The zero-order valence-corrected chi connectivity index (χ0v) is 16.2. The van der Waals surface area contributed by atoms with E-state index in [0.717, 1.165) is 56.8 Å². The highest BCUT2D eigenvalue weighted by Gasteiger charge is 2.23. The molecule has 0 spiro atoms. The summed E-state index contributed by atoms with van der Waals surface area (Å²) in [7, 11) is 3.57. The van der Waals surface area contributed by atoms with Crippen LogP contribution in [-0.4, -0.2) is 67.3 Å². The van der Waals surface area contributed by atoms with E-state index in [1.165, 1.54) is 5.56 Å². The molecule has 0 atom stereocenters. The Kier molecular flexibility index (Phi) is 8.19. The Bertz CT molecular complexity index is 571. The largest absolute Gasteiger partial charge is 0.493 e. The number of piperidine rings is 1. The second-order valence-corrected chi connectivity index (χ2v) is 7.00. The summed E-state index contributed by atoms with van der Waals surface area (Å²) in [4.78, 5) is 15.2. The minimum atomic E-state index is -0.760. The van der Waals surface area contributed by atoms with Crippen molar-refractivity contribution < 1.29 is 19.4 Å². The number of nitrogens with zero attached hydrogens (tertiary/aromatic N) is 2. The molecule has 1 aromatic carbocycles. The summed E-state index contributed by atoms with van der Waals surface area (Å²) in [5, 5.41) is 8.93. The maximum atomic E-state index is 10.9. The zero-order valence-electron chi connectivity index (χ0n) is 16.2. The number of hydrogen-bond donors (Lipinski definition) is 1. The minimum Gasteiger partial charge on any atom is -0.493 e. The van der Waals surface area contributed by atoms with Crippen molar-refractivity contribution in [2.75, 3.05) is 40.4 Å². The van der Waals surface area contributed by atoms with Gasteiger partial charge in [-0.05, 0) is 57.1 Å². The van der Waals surface area contributed by atoms with Gasteiger partial charge < -0.3 is 14.6 Å². The van der Waals surface area contributed by atoms with E-state index in [2.05, 4.69) is 24.0 Å². The van der Waals surface area contributed by atoms with Crippen LogP contribution in [0.5, 0.6) is 11.5 Å². The highest BCUT2D eigenvalue weighted by atomic mass is 16.5. The molecule has 1 aromatic rings. The van der Waals surface area contributed by atoms with Gasteiger partial charge in [0.15, 0.2) is 11.5 Å². The van der Waals surface area contributed by atoms with Crippen molar-refractivity contribution in [1.82, 2.24) is 9.80 Å². The third-order valence-corrected chi connectivity index (χ3v) is 4.95. The second-order valence-electron chi connectivity index (χ2n) is 7.00. The SMILES string of the molecule is CCCCOc1cc(CN2CCC(N(C)CC(=O)O)CC2)ccc1OC. The Morgan fingerprint density at radius 1 is 1.31 bits per heavy atom. The van der Waals surface area contributed by atoms with Crippen LogP contribution in [0.1, 0.15) is 38.2 Å². The predicted octanol–water partition coefficient (Wildman–Crippen LogP) is 2.85. The number of rotatable bonds is 10. The number of carboxylic acids is 1. The van der Waals surface area contributed by atoms with Gasteiger partial charge in [0.05, 0.1) is 20.3 Å². The Balaban J connectivity index is 1.89. The average Bonchev–Trinajstić information content (AvgIpc) is 2.62. The van der Waals surface area contributed by atoms with Gasteiger partial charge in [-0.1, -0.05) is 19.4 Å². The summed E-state index contributed by atoms with van der Waals surface area (Å²) in [6, 6.07) is 6.50. The predicted molar refractivity (Wildman–Crippen MR) is 102 cm³/mol. The molecule has 0 aromatic heterocycles. The molecule has 0 bridgehead atoms. The van der Waals surface area contributed by atoms with Gasteiger partial charge in [-0.2, -0.15) is 0 Å². The van der Waals surface area contributed by atoms with Crippen LogP contribution in [0.4, 0.5) is 0 Å². The average molecular weight is 364 g/mol. The molecule has 146 valence electrons. The molecule has 0 aliphatic carbocycles. The lowest BCUT2D eigenvalue weighted by atomic mass is 10.0. The molecule has 6 heteroatoms. The van der Waals surface area contributed by atoms with E-state index in [-0.39, 0.29) is 6.54 Å². The first-order valence-electron chi connectivity index (χ1n) is 9.47. The third-order valence-electron chi connectivity index (χ3n) is 4.95. The lowest BCUT2D eigenvalue weighted by Gasteiger charge is -2.36. The van der Waals surface area contributed by atoms with Gasteiger partial charge in [-0.3, -0.25) is 14.6 Å². The number of methoxy groups -OCH3 is 1. The van der Waals surface area contributed by atoms with Crippen LogP contribution in [0.25, 0.3) is 0 Å². The van der Waals surface area contributed by atoms with Gasteiger partial charge in [0.2, 0.25) is 0 Å². The van der Waals surface area contributed by atoms with Crippen molar-refractivity contribution in [2.45, 2.75) is 45.2 Å². The lowest BCUT2D eigenvalue weighted by Crippen LogP contribution is -2.44. The second kappa shape index (κ2) is 10.4. The molecule has 1 aliphatic rings. The number of likely N-dealkylation sites (tertiary alicyclic amines) is 1. The number of carboxylic acid groups (broad SMARTS) is 1. The number of aliphatic carboxylic acids is 1. The van der Waals surface area contributed by atoms with E-state index in [1.54, 1.807) is 7.11 Å². The molecule has 26 heavy (non-hydrogen) atoms. The van der Waals surface area contributed by atoms with Gasteiger partial charge in [-0.25, -0.2) is 0 Å². The summed E-state index contributed by atoms with van der Waals surface area (Å²) in [5.74, 6) is 0.831. The van der Waals surface area contributed by atoms with Gasteiger partial charge in [-0.15, -0.1) is 0 Å². The number of hydrogen-bond acceptors (Lipinski definition) is 5. The molecule has 1 aliphatic heterocycles. The fraction of sp³-hybridized carbons (Fsp3) is 0.650. The third kappa shape index (κ3) is 6.18. The molecule has 0 radical (unpaired) electrons. The molecule has 1 fully saturated rings. The number of benzene rings is 1. The van der Waals surface area contributed by atoms with Crippen molar-refractivity contribution in [2.24, 2.45) is 0 Å². The quantitative estimate of drug-likeness (QED) is 0.644. The van der Waals surface area contributed by atoms with Crippen LogP contribution < -0.4 is 9.47 Å². The molecular weight excluding hydrogens is 332 g/mol. The van der Waals surface area contributed by atoms with Gasteiger partial charge in [0, 0.05) is 12.6 Å². The summed E-state index contributed by atoms with van der Waals surface area (Å²) in [5.41, 5.74) is 1.22. The first-order chi connectivity index (χ1) is 12.5. The van der Waals surface area contributed by atoms with Crippen molar-refractivity contribution in [3.63, 3.8) is 0 Å². The summed E-state index contributed by atoms with van der Waals surface area (Å²) < 4.78 is 11.3. The van der Waals surface area contributed by atoms with Crippen LogP contribution in [-0.2, 0) is 11.3 Å². The van der Waals surface area contributed by atoms with E-state index in [0.29, 0.717) is 12.6 Å². The molecule has 0 saturated carbocycles. The van der Waals surface area contributed by atoms with Crippen molar-refractivity contribution in [3.8, 4) is 11.5 Å². The Labute approximate surface area is 156 Å². The molecular formula is C20H32N2O4. The zero-order chi connectivity index (χ0) is 18.9. The van der Waals surface area contributed by atoms with E-state index in [1.807, 2.05) is 18.0 Å². The van der Waals surface area contributed by atoms with Crippen LogP contribution >= 0.6 is 0 Å². The van der Waals surface area contributed by atoms with Crippen molar-refractivity contribution in [3.05, 3.63) is 23.8 Å². The Morgan fingerprint density at radius 2 is 2.04 bits per heavy atom. The summed E-state index contributed by atoms with van der Waals surface area (Å²) in [6.45, 7) is 5.80. The molecule has 0 unspecified atom stereocenters. The van der Waals surface area contributed by atoms with Crippen LogP contribution in [0.15, 0.2) is 18.2 Å². The number of unbranched alkanes of at least 4 members (excludes halogenated alkanes) is 1. The van der Waals surface area contributed by atoms with Crippen LogP contribution in [0.3, 0.4) is 0 Å². The molecule has 1 heterocycles. The van der Waals surface area contributed by atoms with Gasteiger partial charge >= 0.3 is 5.97 Å². The van der Waals surface area contributed by atoms with Crippen LogP contribution in [0, 0.1) is 0 Å². The van der Waals surface area contributed by atoms with E-state index < -0.39 is 5.97 Å². The van der Waals surface area contributed by atoms with Crippen molar-refractivity contribution in [1.29, 1.82) is 0 Å². The van der Waals surface area contributed by atoms with Crippen molar-refractivity contribution >= 4 is 5.97 Å². The maximum absolute atomic E-state index is 10.9. The molecule has 1 saturated heterocycles. The highest BCUT2D eigenvalue weighted by molar-refractivity contribution is 5.69. The molecule has 0 amide bonds.